The summed E-state index contributed by atoms with van der Waals surface area (Å²) in [4.78, 5) is 0. The summed E-state index contributed by atoms with van der Waals surface area (Å²) >= 11 is 7.04. The van der Waals surface area contributed by atoms with Crippen LogP contribution in [0.4, 0.5) is 0 Å². The third-order valence-electron chi connectivity index (χ3n) is 5.37. The fourth-order valence-corrected chi connectivity index (χ4v) is 9.96. The quantitative estimate of drug-likeness (QED) is 0.650. The minimum Gasteiger partial charge on any atom is -0.157 e. The molecule has 0 amide bonds. The lowest BCUT2D eigenvalue weighted by atomic mass is 9.79. The molecule has 0 bridgehead atoms. The van der Waals surface area contributed by atoms with Crippen LogP contribution in [-0.4, -0.2) is 32.0 Å². The molecule has 3 rings (SSSR count). The van der Waals surface area contributed by atoms with Gasteiger partial charge in [-0.1, -0.05) is 19.3 Å². The molecule has 0 N–H and O–H groups in total. The third-order valence-corrected chi connectivity index (χ3v) is 10.9. The van der Waals surface area contributed by atoms with Crippen LogP contribution in [0.2, 0.25) is 0 Å². The van der Waals surface area contributed by atoms with Gasteiger partial charge in [0, 0.05) is 14.7 Å². The summed E-state index contributed by atoms with van der Waals surface area (Å²) in [5.74, 6) is 4.26. The molecule has 0 aromatic carbocycles. The van der Waals surface area contributed by atoms with E-state index in [2.05, 4.69) is 42.2 Å². The zero-order chi connectivity index (χ0) is 13.2. The fraction of sp³-hybridized carbons (Fsp3) is 1.00. The highest BCUT2D eigenvalue weighted by molar-refractivity contribution is 8.06. The van der Waals surface area contributed by atoms with Crippen LogP contribution in [0.5, 0.6) is 0 Å². The topological polar surface area (TPSA) is 0 Å². The number of hydrogen-bond donors (Lipinski definition) is 0. The van der Waals surface area contributed by atoms with E-state index in [4.69, 9.17) is 0 Å². The molecule has 110 valence electrons. The molecule has 3 atom stereocenters. The van der Waals surface area contributed by atoms with Crippen molar-refractivity contribution < 1.29 is 0 Å². The Morgan fingerprint density at radius 3 is 2.11 bits per heavy atom. The number of hydrogen-bond acceptors (Lipinski definition) is 3. The van der Waals surface area contributed by atoms with E-state index in [-0.39, 0.29) is 0 Å². The van der Waals surface area contributed by atoms with Crippen molar-refractivity contribution >= 4 is 35.3 Å². The Morgan fingerprint density at radius 1 is 0.789 bits per heavy atom. The van der Waals surface area contributed by atoms with Crippen molar-refractivity contribution in [3.63, 3.8) is 0 Å². The first-order chi connectivity index (χ1) is 9.27. The van der Waals surface area contributed by atoms with Gasteiger partial charge in [-0.25, -0.2) is 0 Å². The highest BCUT2D eigenvalue weighted by Crippen LogP contribution is 2.59. The van der Waals surface area contributed by atoms with E-state index >= 15 is 0 Å². The van der Waals surface area contributed by atoms with Gasteiger partial charge in [0.05, 0.1) is 0 Å². The summed E-state index contributed by atoms with van der Waals surface area (Å²) in [5.41, 5.74) is 0. The van der Waals surface area contributed by atoms with Gasteiger partial charge in [-0.2, -0.15) is 35.3 Å². The van der Waals surface area contributed by atoms with Crippen molar-refractivity contribution in [2.45, 2.75) is 79.5 Å². The molecule has 3 saturated heterocycles. The number of rotatable bonds is 2. The van der Waals surface area contributed by atoms with Gasteiger partial charge in [0.1, 0.15) is 0 Å². The first kappa shape index (κ1) is 15.0. The monoisotopic (exact) mass is 316 g/mol. The molecule has 0 aliphatic carbocycles. The maximum atomic E-state index is 2.63. The Labute approximate surface area is 132 Å². The van der Waals surface area contributed by atoms with Crippen molar-refractivity contribution in [2.75, 3.05) is 17.3 Å². The van der Waals surface area contributed by atoms with Gasteiger partial charge in [0.2, 0.25) is 0 Å². The Morgan fingerprint density at radius 2 is 1.53 bits per heavy atom. The minimum absolute atomic E-state index is 0.561. The van der Waals surface area contributed by atoms with Gasteiger partial charge in [-0.3, -0.25) is 0 Å². The maximum Gasteiger partial charge on any atom is 0.0422 e. The first-order valence-electron chi connectivity index (χ1n) is 8.16. The normalized spacial score (nSPS) is 45.0. The molecule has 3 heterocycles. The van der Waals surface area contributed by atoms with E-state index < -0.39 is 0 Å². The second-order valence-electron chi connectivity index (χ2n) is 6.59. The third kappa shape index (κ3) is 2.85. The van der Waals surface area contributed by atoms with E-state index in [1.165, 1.54) is 75.0 Å². The number of thioether (sulfide) groups is 3. The predicted molar refractivity (Wildman–Crippen MR) is 93.9 cm³/mol. The van der Waals surface area contributed by atoms with Crippen LogP contribution in [0.25, 0.3) is 0 Å². The summed E-state index contributed by atoms with van der Waals surface area (Å²) in [6, 6.07) is 0. The van der Waals surface area contributed by atoms with Gasteiger partial charge >= 0.3 is 0 Å². The minimum atomic E-state index is 0.561. The van der Waals surface area contributed by atoms with Crippen molar-refractivity contribution in [1.82, 2.24) is 0 Å². The van der Waals surface area contributed by atoms with Crippen LogP contribution < -0.4 is 0 Å². The molecule has 3 heteroatoms. The van der Waals surface area contributed by atoms with Crippen molar-refractivity contribution in [1.29, 1.82) is 0 Å². The first-order valence-corrected chi connectivity index (χ1v) is 11.2. The van der Waals surface area contributed by atoms with Gasteiger partial charge in [0.25, 0.3) is 0 Å². The highest BCUT2D eigenvalue weighted by atomic mass is 32.2. The molecule has 19 heavy (non-hydrogen) atoms. The fourth-order valence-electron chi connectivity index (χ4n) is 4.20. The Bertz CT molecular complexity index is 284. The zero-order valence-electron chi connectivity index (χ0n) is 12.3. The molecule has 3 unspecified atom stereocenters. The molecule has 0 spiro atoms. The van der Waals surface area contributed by atoms with E-state index in [0.29, 0.717) is 9.49 Å². The molecule has 0 aromatic rings. The Balaban J connectivity index is 1.86. The highest BCUT2D eigenvalue weighted by Gasteiger charge is 2.54. The standard InChI is InChI=1S/C16H28S3/c1-15(9-3-6-12-18-15)16(10-4-7-13-19-16)14-8-2-5-11-17-14/h14H,2-13H2,1H3. The van der Waals surface area contributed by atoms with E-state index in [1.807, 2.05) is 0 Å². The van der Waals surface area contributed by atoms with Gasteiger partial charge in [-0.05, 0) is 62.7 Å². The van der Waals surface area contributed by atoms with Crippen molar-refractivity contribution in [3.05, 3.63) is 0 Å². The molecule has 3 fully saturated rings. The lowest BCUT2D eigenvalue weighted by Crippen LogP contribution is -2.57. The van der Waals surface area contributed by atoms with Crippen LogP contribution in [0.15, 0.2) is 0 Å². The zero-order valence-corrected chi connectivity index (χ0v) is 14.7. The average molecular weight is 317 g/mol. The Hall–Kier alpha value is 1.05. The van der Waals surface area contributed by atoms with Gasteiger partial charge in [0.15, 0.2) is 0 Å². The predicted octanol–water partition coefficient (Wildman–Crippen LogP) is 5.60. The lowest BCUT2D eigenvalue weighted by Gasteiger charge is -2.56. The maximum absolute atomic E-state index is 2.63. The summed E-state index contributed by atoms with van der Waals surface area (Å²) in [7, 11) is 0. The van der Waals surface area contributed by atoms with Crippen molar-refractivity contribution in [2.24, 2.45) is 0 Å². The summed E-state index contributed by atoms with van der Waals surface area (Å²) in [6.07, 6.45) is 13.3. The molecule has 3 aliphatic heterocycles. The average Bonchev–Trinajstić information content (AvgIpc) is 2.49. The van der Waals surface area contributed by atoms with Crippen LogP contribution in [-0.2, 0) is 0 Å². The summed E-state index contributed by atoms with van der Waals surface area (Å²) in [6.45, 7) is 2.63. The van der Waals surface area contributed by atoms with Gasteiger partial charge in [-0.15, -0.1) is 0 Å². The second kappa shape index (κ2) is 6.44. The molecular formula is C16H28S3. The molecule has 0 saturated carbocycles. The molecule has 3 aliphatic rings. The van der Waals surface area contributed by atoms with Crippen LogP contribution in [0.1, 0.15) is 64.7 Å². The Kier molecular flexibility index (Phi) is 5.07. The van der Waals surface area contributed by atoms with Crippen LogP contribution in [0.3, 0.4) is 0 Å². The van der Waals surface area contributed by atoms with Crippen LogP contribution >= 0.6 is 35.3 Å². The van der Waals surface area contributed by atoms with Gasteiger partial charge < -0.3 is 0 Å². The molecular weight excluding hydrogens is 288 g/mol. The molecule has 0 aromatic heterocycles. The lowest BCUT2D eigenvalue weighted by molar-refractivity contribution is 0.343. The summed E-state index contributed by atoms with van der Waals surface area (Å²) in [5, 5.41) is 0.946. The largest absolute Gasteiger partial charge is 0.157 e. The van der Waals surface area contributed by atoms with E-state index in [1.54, 1.807) is 0 Å². The van der Waals surface area contributed by atoms with Crippen LogP contribution in [0, 0.1) is 0 Å². The summed E-state index contributed by atoms with van der Waals surface area (Å²) < 4.78 is 1.16. The van der Waals surface area contributed by atoms with Crippen molar-refractivity contribution in [3.8, 4) is 0 Å². The smallest absolute Gasteiger partial charge is 0.0422 e. The van der Waals surface area contributed by atoms with E-state index in [0.717, 1.165) is 5.25 Å². The second-order valence-corrected chi connectivity index (χ2v) is 10.9. The van der Waals surface area contributed by atoms with E-state index in [9.17, 15) is 0 Å². The SMILES string of the molecule is CC1(C2(C3CCCCS3)CCCCS2)CCCCS1. The molecule has 0 nitrogen and oxygen atoms in total. The molecule has 0 radical (unpaired) electrons.